The number of rotatable bonds is 1. The molecule has 4 heteroatoms. The molecular formula is C10H8FNO2. The molecule has 0 amide bonds. The van der Waals surface area contributed by atoms with Gasteiger partial charge in [-0.1, -0.05) is 17.3 Å². The Bertz CT molecular complexity index is 426. The monoisotopic (exact) mass is 193 g/mol. The Morgan fingerprint density at radius 1 is 1.50 bits per heavy atom. The van der Waals surface area contributed by atoms with Gasteiger partial charge in [-0.2, -0.15) is 0 Å². The fraction of sp³-hybridized carbons (Fsp3) is 0.200. The minimum atomic E-state index is -0.402. The molecule has 0 saturated carbocycles. The fourth-order valence-electron chi connectivity index (χ4n) is 1.23. The van der Waals surface area contributed by atoms with Crippen LogP contribution in [0.1, 0.15) is 17.5 Å². The van der Waals surface area contributed by atoms with Crippen LogP contribution in [-0.4, -0.2) is 11.7 Å². The fourth-order valence-corrected chi connectivity index (χ4v) is 1.23. The van der Waals surface area contributed by atoms with Gasteiger partial charge in [0, 0.05) is 5.56 Å². The lowest BCUT2D eigenvalue weighted by atomic mass is 10.1. The summed E-state index contributed by atoms with van der Waals surface area (Å²) in [6, 6.07) is 4.73. The highest BCUT2D eigenvalue weighted by Crippen LogP contribution is 2.15. The summed E-state index contributed by atoms with van der Waals surface area (Å²) in [5.74, 6) is -0.703. The summed E-state index contributed by atoms with van der Waals surface area (Å²) in [7, 11) is 0. The van der Waals surface area contributed by atoms with Gasteiger partial charge in [0.15, 0.2) is 0 Å². The number of nitrogens with zero attached hydrogens (tertiary/aromatic N) is 1. The molecule has 0 fully saturated rings. The van der Waals surface area contributed by atoms with Crippen LogP contribution in [0.15, 0.2) is 23.4 Å². The van der Waals surface area contributed by atoms with E-state index < -0.39 is 5.97 Å². The Morgan fingerprint density at radius 3 is 2.86 bits per heavy atom. The van der Waals surface area contributed by atoms with E-state index in [4.69, 9.17) is 0 Å². The Kier molecular flexibility index (Phi) is 2.04. The van der Waals surface area contributed by atoms with Crippen LogP contribution in [0.25, 0.3) is 0 Å². The summed E-state index contributed by atoms with van der Waals surface area (Å²) in [5, 5.41) is 3.56. The van der Waals surface area contributed by atoms with Gasteiger partial charge in [0.25, 0.3) is 0 Å². The summed E-state index contributed by atoms with van der Waals surface area (Å²) in [5.41, 5.74) is 1.65. The predicted molar refractivity (Wildman–Crippen MR) is 48.4 cm³/mol. The third-order valence-corrected chi connectivity index (χ3v) is 2.07. The maximum absolute atomic E-state index is 13.1. The van der Waals surface area contributed by atoms with Crippen LogP contribution in [0.4, 0.5) is 4.39 Å². The number of carbonyl (C=O) groups excluding carboxylic acids is 1. The number of oxime groups is 1. The standard InChI is InChI=1S/C10H8FNO2/c1-6-2-3-7(4-8(6)11)9-5-10(13)14-12-9/h2-4H,5H2,1H3. The Labute approximate surface area is 80.2 Å². The Hall–Kier alpha value is -1.71. The van der Waals surface area contributed by atoms with Crippen LogP contribution in [0, 0.1) is 12.7 Å². The van der Waals surface area contributed by atoms with Crippen molar-refractivity contribution in [2.45, 2.75) is 13.3 Å². The molecule has 1 aliphatic heterocycles. The van der Waals surface area contributed by atoms with Crippen molar-refractivity contribution in [1.29, 1.82) is 0 Å². The molecule has 0 atom stereocenters. The Balaban J connectivity index is 2.34. The van der Waals surface area contributed by atoms with E-state index in [0.29, 0.717) is 16.8 Å². The first-order valence-corrected chi connectivity index (χ1v) is 4.20. The summed E-state index contributed by atoms with van der Waals surface area (Å²) in [6.45, 7) is 1.68. The molecule has 0 aromatic heterocycles. The predicted octanol–water partition coefficient (Wildman–Crippen LogP) is 1.79. The van der Waals surface area contributed by atoms with E-state index in [-0.39, 0.29) is 12.2 Å². The van der Waals surface area contributed by atoms with Gasteiger partial charge in [-0.25, -0.2) is 9.18 Å². The van der Waals surface area contributed by atoms with Crippen LogP contribution in [0.2, 0.25) is 0 Å². The van der Waals surface area contributed by atoms with Crippen molar-refractivity contribution in [2.24, 2.45) is 5.16 Å². The van der Waals surface area contributed by atoms with Crippen molar-refractivity contribution in [3.8, 4) is 0 Å². The minimum absolute atomic E-state index is 0.114. The largest absolute Gasteiger partial charge is 0.341 e. The SMILES string of the molecule is Cc1ccc(C2=NOC(=O)C2)cc1F. The number of hydrogen-bond donors (Lipinski definition) is 0. The molecule has 1 aromatic carbocycles. The van der Waals surface area contributed by atoms with Crippen LogP contribution >= 0.6 is 0 Å². The molecule has 1 aliphatic rings. The maximum atomic E-state index is 13.1. The highest BCUT2D eigenvalue weighted by Gasteiger charge is 2.19. The quantitative estimate of drug-likeness (QED) is 0.638. The summed E-state index contributed by atoms with van der Waals surface area (Å²) in [4.78, 5) is 15.2. The van der Waals surface area contributed by atoms with Crippen molar-refractivity contribution >= 4 is 11.7 Å². The molecule has 2 rings (SSSR count). The van der Waals surface area contributed by atoms with Gasteiger partial charge in [-0.3, -0.25) is 0 Å². The normalized spacial score (nSPS) is 15.3. The molecule has 1 aromatic rings. The van der Waals surface area contributed by atoms with E-state index in [1.807, 2.05) is 0 Å². The van der Waals surface area contributed by atoms with Gasteiger partial charge in [-0.15, -0.1) is 0 Å². The van der Waals surface area contributed by atoms with Crippen molar-refractivity contribution in [1.82, 2.24) is 0 Å². The first kappa shape index (κ1) is 8.87. The van der Waals surface area contributed by atoms with Crippen LogP contribution in [-0.2, 0) is 9.63 Å². The number of benzene rings is 1. The van der Waals surface area contributed by atoms with Crippen molar-refractivity contribution < 1.29 is 14.0 Å². The van der Waals surface area contributed by atoms with E-state index in [1.165, 1.54) is 6.07 Å². The summed E-state index contributed by atoms with van der Waals surface area (Å²) in [6.07, 6.45) is 0.114. The molecule has 0 radical (unpaired) electrons. The van der Waals surface area contributed by atoms with E-state index in [2.05, 4.69) is 9.99 Å². The van der Waals surface area contributed by atoms with Gasteiger partial charge in [0.1, 0.15) is 5.82 Å². The zero-order valence-corrected chi connectivity index (χ0v) is 7.58. The second kappa shape index (κ2) is 3.21. The lowest BCUT2D eigenvalue weighted by Gasteiger charge is -1.99. The van der Waals surface area contributed by atoms with E-state index in [0.717, 1.165) is 0 Å². The summed E-state index contributed by atoms with van der Waals surface area (Å²) >= 11 is 0. The molecule has 14 heavy (non-hydrogen) atoms. The van der Waals surface area contributed by atoms with E-state index in [9.17, 15) is 9.18 Å². The lowest BCUT2D eigenvalue weighted by Crippen LogP contribution is -2.01. The second-order valence-corrected chi connectivity index (χ2v) is 3.14. The molecule has 3 nitrogen and oxygen atoms in total. The molecular weight excluding hydrogens is 185 g/mol. The van der Waals surface area contributed by atoms with E-state index in [1.54, 1.807) is 19.1 Å². The third-order valence-electron chi connectivity index (χ3n) is 2.07. The third kappa shape index (κ3) is 1.51. The molecule has 0 aliphatic carbocycles. The molecule has 0 N–H and O–H groups in total. The van der Waals surface area contributed by atoms with Gasteiger partial charge < -0.3 is 4.84 Å². The van der Waals surface area contributed by atoms with Crippen LogP contribution < -0.4 is 0 Å². The van der Waals surface area contributed by atoms with Gasteiger partial charge in [0.05, 0.1) is 12.1 Å². The van der Waals surface area contributed by atoms with Crippen LogP contribution in [0.3, 0.4) is 0 Å². The smallest absolute Gasteiger partial charge is 0.318 e. The van der Waals surface area contributed by atoms with Crippen molar-refractivity contribution in [3.05, 3.63) is 35.1 Å². The molecule has 0 bridgehead atoms. The summed E-state index contributed by atoms with van der Waals surface area (Å²) < 4.78 is 13.1. The minimum Gasteiger partial charge on any atom is -0.318 e. The second-order valence-electron chi connectivity index (χ2n) is 3.14. The van der Waals surface area contributed by atoms with Gasteiger partial charge >= 0.3 is 5.97 Å². The highest BCUT2D eigenvalue weighted by molar-refractivity contribution is 6.11. The molecule has 0 spiro atoms. The number of carbonyl (C=O) groups is 1. The molecule has 0 unspecified atom stereocenters. The average molecular weight is 193 g/mol. The number of halogens is 1. The average Bonchev–Trinajstić information content (AvgIpc) is 2.57. The lowest BCUT2D eigenvalue weighted by molar-refractivity contribution is -0.140. The number of aryl methyl sites for hydroxylation is 1. The zero-order valence-electron chi connectivity index (χ0n) is 7.58. The first-order chi connectivity index (χ1) is 6.66. The van der Waals surface area contributed by atoms with Gasteiger partial charge in [-0.05, 0) is 18.6 Å². The maximum Gasteiger partial charge on any atom is 0.341 e. The van der Waals surface area contributed by atoms with E-state index >= 15 is 0 Å². The van der Waals surface area contributed by atoms with Crippen LogP contribution in [0.5, 0.6) is 0 Å². The number of hydrogen-bond acceptors (Lipinski definition) is 3. The van der Waals surface area contributed by atoms with Gasteiger partial charge in [0.2, 0.25) is 0 Å². The molecule has 72 valence electrons. The first-order valence-electron chi connectivity index (χ1n) is 4.20. The highest BCUT2D eigenvalue weighted by atomic mass is 19.1. The topological polar surface area (TPSA) is 38.7 Å². The molecule has 0 saturated heterocycles. The Morgan fingerprint density at radius 2 is 2.29 bits per heavy atom. The van der Waals surface area contributed by atoms with Crippen molar-refractivity contribution in [2.75, 3.05) is 0 Å². The molecule has 1 heterocycles. The van der Waals surface area contributed by atoms with Crippen molar-refractivity contribution in [3.63, 3.8) is 0 Å². The zero-order chi connectivity index (χ0) is 10.1.